The Morgan fingerprint density at radius 1 is 1.20 bits per heavy atom. The van der Waals surface area contributed by atoms with Gasteiger partial charge in [-0.3, -0.25) is 9.59 Å². The van der Waals surface area contributed by atoms with E-state index in [1.54, 1.807) is 24.3 Å². The number of nitrogens with one attached hydrogen (secondary N) is 2. The molecule has 2 aromatic carbocycles. The molecule has 0 bridgehead atoms. The third kappa shape index (κ3) is 3.55. The first-order valence-electron chi connectivity index (χ1n) is 7.73. The number of aromatic nitrogens is 2. The average molecular weight is 336 g/mol. The molecule has 1 aromatic heterocycles. The lowest BCUT2D eigenvalue weighted by atomic mass is 10.1. The van der Waals surface area contributed by atoms with E-state index in [0.29, 0.717) is 23.1 Å². The van der Waals surface area contributed by atoms with Crippen LogP contribution in [0.2, 0.25) is 0 Å². The quantitative estimate of drug-likeness (QED) is 0.551. The number of carbonyl (C=O) groups excluding carboxylic acids is 1. The van der Waals surface area contributed by atoms with E-state index in [0.717, 1.165) is 5.56 Å². The zero-order valence-corrected chi connectivity index (χ0v) is 13.5. The Morgan fingerprint density at radius 3 is 2.72 bits per heavy atom. The van der Waals surface area contributed by atoms with Crippen molar-refractivity contribution in [2.24, 2.45) is 5.10 Å². The summed E-state index contributed by atoms with van der Waals surface area (Å²) < 4.78 is 5.49. The van der Waals surface area contributed by atoms with E-state index in [1.165, 1.54) is 6.21 Å². The van der Waals surface area contributed by atoms with Crippen LogP contribution in [-0.2, 0) is 0 Å². The number of aromatic amines is 1. The van der Waals surface area contributed by atoms with Crippen LogP contribution in [0.4, 0.5) is 0 Å². The summed E-state index contributed by atoms with van der Waals surface area (Å²) in [5.74, 6) is 0.160. The van der Waals surface area contributed by atoms with Gasteiger partial charge in [0.15, 0.2) is 5.69 Å². The first-order chi connectivity index (χ1) is 12.2. The fourth-order valence-electron chi connectivity index (χ4n) is 2.38. The SMILES string of the molecule is CCOc1ccccc1/C=N/NC(=O)c1n[nH]c(=O)c2ccccc12. The van der Waals surface area contributed by atoms with E-state index >= 15 is 0 Å². The molecule has 0 atom stereocenters. The van der Waals surface area contributed by atoms with Crippen LogP contribution in [-0.4, -0.2) is 28.9 Å². The molecule has 1 amide bonds. The van der Waals surface area contributed by atoms with Crippen LogP contribution in [0.15, 0.2) is 58.4 Å². The summed E-state index contributed by atoms with van der Waals surface area (Å²) in [4.78, 5) is 24.1. The van der Waals surface area contributed by atoms with Crippen LogP contribution in [0.1, 0.15) is 23.0 Å². The molecule has 0 aliphatic heterocycles. The lowest BCUT2D eigenvalue weighted by Gasteiger charge is -2.06. The zero-order chi connectivity index (χ0) is 17.6. The predicted octanol–water partition coefficient (Wildman–Crippen LogP) is 2.09. The molecular weight excluding hydrogens is 320 g/mol. The molecule has 0 aliphatic rings. The van der Waals surface area contributed by atoms with Gasteiger partial charge >= 0.3 is 0 Å². The van der Waals surface area contributed by atoms with Crippen molar-refractivity contribution in [3.8, 4) is 5.75 Å². The monoisotopic (exact) mass is 336 g/mol. The second kappa shape index (κ2) is 7.39. The van der Waals surface area contributed by atoms with Crippen molar-refractivity contribution in [1.29, 1.82) is 0 Å². The molecule has 2 N–H and O–H groups in total. The molecule has 7 nitrogen and oxygen atoms in total. The lowest BCUT2D eigenvalue weighted by Crippen LogP contribution is -2.22. The van der Waals surface area contributed by atoms with Gasteiger partial charge in [0.25, 0.3) is 11.5 Å². The van der Waals surface area contributed by atoms with Gasteiger partial charge in [0.1, 0.15) is 5.75 Å². The Bertz CT molecular complexity index is 995. The summed E-state index contributed by atoms with van der Waals surface area (Å²) in [7, 11) is 0. The normalized spacial score (nSPS) is 10.9. The number of hydrazone groups is 1. The molecule has 25 heavy (non-hydrogen) atoms. The summed E-state index contributed by atoms with van der Waals surface area (Å²) in [6, 6.07) is 14.1. The molecule has 0 radical (unpaired) electrons. The third-order valence-corrected chi connectivity index (χ3v) is 3.50. The van der Waals surface area contributed by atoms with Crippen molar-refractivity contribution in [2.75, 3.05) is 6.61 Å². The largest absolute Gasteiger partial charge is 0.493 e. The molecule has 0 unspecified atom stereocenters. The number of carbonyl (C=O) groups is 1. The van der Waals surface area contributed by atoms with E-state index in [2.05, 4.69) is 20.7 Å². The van der Waals surface area contributed by atoms with Gasteiger partial charge in [-0.25, -0.2) is 10.5 Å². The zero-order valence-electron chi connectivity index (χ0n) is 13.5. The van der Waals surface area contributed by atoms with Crippen LogP contribution < -0.4 is 15.7 Å². The average Bonchev–Trinajstić information content (AvgIpc) is 2.64. The van der Waals surface area contributed by atoms with Gasteiger partial charge in [0.2, 0.25) is 0 Å². The van der Waals surface area contributed by atoms with Crippen LogP contribution in [0, 0.1) is 0 Å². The van der Waals surface area contributed by atoms with Gasteiger partial charge in [-0.2, -0.15) is 10.2 Å². The molecule has 3 aromatic rings. The van der Waals surface area contributed by atoms with E-state index in [1.807, 2.05) is 31.2 Å². The summed E-state index contributed by atoms with van der Waals surface area (Å²) in [5, 5.41) is 11.0. The summed E-state index contributed by atoms with van der Waals surface area (Å²) in [6.45, 7) is 2.42. The highest BCUT2D eigenvalue weighted by Crippen LogP contribution is 2.15. The topological polar surface area (TPSA) is 96.4 Å². The fraction of sp³-hybridized carbons (Fsp3) is 0.111. The Morgan fingerprint density at radius 2 is 1.92 bits per heavy atom. The Labute approximate surface area is 143 Å². The molecule has 0 fully saturated rings. The van der Waals surface area contributed by atoms with Crippen molar-refractivity contribution in [3.63, 3.8) is 0 Å². The number of fused-ring (bicyclic) bond motifs is 1. The summed E-state index contributed by atoms with van der Waals surface area (Å²) >= 11 is 0. The van der Waals surface area contributed by atoms with Gasteiger partial charge in [-0.1, -0.05) is 30.3 Å². The highest BCUT2D eigenvalue weighted by atomic mass is 16.5. The number of rotatable bonds is 5. The van der Waals surface area contributed by atoms with Crippen molar-refractivity contribution < 1.29 is 9.53 Å². The van der Waals surface area contributed by atoms with Gasteiger partial charge in [-0.15, -0.1) is 0 Å². The van der Waals surface area contributed by atoms with E-state index in [-0.39, 0.29) is 11.3 Å². The van der Waals surface area contributed by atoms with E-state index in [4.69, 9.17) is 4.74 Å². The maximum Gasteiger partial charge on any atom is 0.292 e. The van der Waals surface area contributed by atoms with Crippen molar-refractivity contribution in [2.45, 2.75) is 6.92 Å². The second-order valence-corrected chi connectivity index (χ2v) is 5.12. The molecule has 7 heteroatoms. The van der Waals surface area contributed by atoms with E-state index in [9.17, 15) is 9.59 Å². The summed E-state index contributed by atoms with van der Waals surface area (Å²) in [6.07, 6.45) is 1.50. The summed E-state index contributed by atoms with van der Waals surface area (Å²) in [5.41, 5.74) is 2.91. The number of ether oxygens (including phenoxy) is 1. The molecule has 0 aliphatic carbocycles. The van der Waals surface area contributed by atoms with Gasteiger partial charge < -0.3 is 4.74 Å². The predicted molar refractivity (Wildman–Crippen MR) is 95.0 cm³/mol. The van der Waals surface area contributed by atoms with Gasteiger partial charge in [0.05, 0.1) is 18.2 Å². The van der Waals surface area contributed by atoms with Crippen molar-refractivity contribution >= 4 is 22.9 Å². The standard InChI is InChI=1S/C18H16N4O3/c1-2-25-15-10-6-3-7-12(15)11-19-21-18(24)16-13-8-4-5-9-14(13)17(23)22-20-16/h3-11H,2H2,1H3,(H,21,24)(H,22,23)/b19-11+. The molecule has 0 saturated heterocycles. The smallest absolute Gasteiger partial charge is 0.292 e. The van der Waals surface area contributed by atoms with Crippen LogP contribution in [0.3, 0.4) is 0 Å². The minimum absolute atomic E-state index is 0.102. The number of hydrogen-bond acceptors (Lipinski definition) is 5. The molecule has 126 valence electrons. The van der Waals surface area contributed by atoms with Crippen molar-refractivity contribution in [1.82, 2.24) is 15.6 Å². The highest BCUT2D eigenvalue weighted by Gasteiger charge is 2.13. The van der Waals surface area contributed by atoms with E-state index < -0.39 is 5.91 Å². The molecular formula is C18H16N4O3. The molecule has 3 rings (SSSR count). The number of nitrogens with zero attached hydrogens (tertiary/aromatic N) is 2. The first-order valence-corrected chi connectivity index (χ1v) is 7.73. The molecule has 0 spiro atoms. The lowest BCUT2D eigenvalue weighted by molar-refractivity contribution is 0.0951. The second-order valence-electron chi connectivity index (χ2n) is 5.12. The minimum atomic E-state index is -0.516. The molecule has 1 heterocycles. The van der Waals surface area contributed by atoms with Crippen LogP contribution in [0.5, 0.6) is 5.75 Å². The van der Waals surface area contributed by atoms with Crippen LogP contribution in [0.25, 0.3) is 10.8 Å². The number of amides is 1. The Balaban J connectivity index is 1.82. The minimum Gasteiger partial charge on any atom is -0.493 e. The molecule has 0 saturated carbocycles. The first kappa shape index (κ1) is 16.4. The van der Waals surface area contributed by atoms with Crippen LogP contribution >= 0.6 is 0 Å². The Kier molecular flexibility index (Phi) is 4.84. The maximum atomic E-state index is 12.3. The maximum absolute atomic E-state index is 12.3. The highest BCUT2D eigenvalue weighted by molar-refractivity contribution is 6.04. The number of H-pyrrole nitrogens is 1. The van der Waals surface area contributed by atoms with Gasteiger partial charge in [0, 0.05) is 10.9 Å². The van der Waals surface area contributed by atoms with Gasteiger partial charge in [-0.05, 0) is 25.1 Å². The third-order valence-electron chi connectivity index (χ3n) is 3.50. The number of hydrogen-bond donors (Lipinski definition) is 2. The number of para-hydroxylation sites is 1. The fourth-order valence-corrected chi connectivity index (χ4v) is 2.38. The Hall–Kier alpha value is -3.48. The number of benzene rings is 2. The van der Waals surface area contributed by atoms with Crippen molar-refractivity contribution in [3.05, 3.63) is 70.1 Å².